The number of benzene rings is 1. The number of hydrogen-bond donors (Lipinski definition) is 2. The molecule has 6 heteroatoms. The Morgan fingerprint density at radius 1 is 1.43 bits per heavy atom. The van der Waals surface area contributed by atoms with Crippen molar-refractivity contribution in [2.75, 3.05) is 17.3 Å². The number of aliphatic hydroxyl groups is 1. The Balaban J connectivity index is 1.89. The number of fused-ring (bicyclic) bond motifs is 1. The zero-order chi connectivity index (χ0) is 15.1. The fourth-order valence-corrected chi connectivity index (χ4v) is 2.75. The van der Waals surface area contributed by atoms with Gasteiger partial charge in [-0.25, -0.2) is 0 Å². The van der Waals surface area contributed by atoms with E-state index in [9.17, 15) is 9.90 Å². The van der Waals surface area contributed by atoms with Crippen LogP contribution in [0.4, 0.5) is 11.4 Å². The molecule has 0 aliphatic carbocycles. The maximum absolute atomic E-state index is 11.5. The quantitative estimate of drug-likeness (QED) is 0.915. The molecule has 21 heavy (non-hydrogen) atoms. The van der Waals surface area contributed by atoms with Gasteiger partial charge < -0.3 is 19.7 Å². The smallest absolute Gasteiger partial charge is 0.257 e. The molecule has 2 heterocycles. The maximum Gasteiger partial charge on any atom is 0.257 e. The van der Waals surface area contributed by atoms with Crippen LogP contribution in [0, 0.1) is 6.92 Å². The number of nitrogens with zero attached hydrogens (tertiary/aromatic N) is 1. The van der Waals surface area contributed by atoms with Gasteiger partial charge in [-0.2, -0.15) is 0 Å². The molecule has 1 aromatic heterocycles. The molecule has 2 aromatic rings. The van der Waals surface area contributed by atoms with E-state index < -0.39 is 12.0 Å². The Bertz CT molecular complexity index is 711. The molecule has 1 amide bonds. The van der Waals surface area contributed by atoms with Gasteiger partial charge >= 0.3 is 0 Å². The van der Waals surface area contributed by atoms with Crippen molar-refractivity contribution in [1.82, 2.24) is 0 Å². The molecule has 1 aliphatic rings. The lowest BCUT2D eigenvalue weighted by atomic mass is 10.1. The number of amides is 1. The van der Waals surface area contributed by atoms with E-state index in [0.29, 0.717) is 22.8 Å². The Labute approximate surface area is 127 Å². The molecule has 5 nitrogen and oxygen atoms in total. The molecule has 0 saturated carbocycles. The fraction of sp³-hybridized carbons (Fsp3) is 0.267. The first-order valence-corrected chi connectivity index (χ1v) is 6.92. The van der Waals surface area contributed by atoms with Gasteiger partial charge in [0.25, 0.3) is 5.91 Å². The largest absolute Gasteiger partial charge is 0.464 e. The fourth-order valence-electron chi connectivity index (χ4n) is 2.44. The van der Waals surface area contributed by atoms with Crippen LogP contribution in [0.1, 0.15) is 23.2 Å². The number of carbonyl (C=O) groups is 1. The van der Waals surface area contributed by atoms with Crippen molar-refractivity contribution in [2.45, 2.75) is 19.6 Å². The van der Waals surface area contributed by atoms with Crippen LogP contribution >= 0.6 is 11.6 Å². The van der Waals surface area contributed by atoms with E-state index >= 15 is 0 Å². The molecule has 1 atom stereocenters. The number of anilines is 2. The summed E-state index contributed by atoms with van der Waals surface area (Å²) in [6.45, 7) is 2.45. The van der Waals surface area contributed by atoms with E-state index in [4.69, 9.17) is 16.0 Å². The Morgan fingerprint density at radius 3 is 2.86 bits per heavy atom. The summed E-state index contributed by atoms with van der Waals surface area (Å²) in [4.78, 5) is 13.4. The van der Waals surface area contributed by atoms with Crippen molar-refractivity contribution >= 4 is 28.9 Å². The van der Waals surface area contributed by atoms with Crippen molar-refractivity contribution in [3.63, 3.8) is 0 Å². The second-order valence-electron chi connectivity index (χ2n) is 5.15. The Kier molecular flexibility index (Phi) is 3.39. The standard InChI is InChI=1S/C15H15ClN2O3/c1-8-3-4-9(21-8)7-18(2)13-6-12-10(5-11(13)16)14(19)15(20)17-12/h3-6,14,19H,7H2,1-2H3,(H,17,20). The molecular formula is C15H15ClN2O3. The molecule has 3 rings (SSSR count). The second-order valence-corrected chi connectivity index (χ2v) is 5.56. The molecule has 2 N–H and O–H groups in total. The summed E-state index contributed by atoms with van der Waals surface area (Å²) in [5.74, 6) is 1.26. The van der Waals surface area contributed by atoms with Crippen LogP contribution < -0.4 is 10.2 Å². The highest BCUT2D eigenvalue weighted by atomic mass is 35.5. The molecule has 0 saturated heterocycles. The molecule has 0 spiro atoms. The molecule has 1 aliphatic heterocycles. The highest BCUT2D eigenvalue weighted by Gasteiger charge is 2.30. The Hall–Kier alpha value is -1.98. The minimum atomic E-state index is -1.15. The minimum absolute atomic E-state index is 0.428. The number of carbonyl (C=O) groups excluding carboxylic acids is 1. The maximum atomic E-state index is 11.5. The van der Waals surface area contributed by atoms with Crippen molar-refractivity contribution in [2.24, 2.45) is 0 Å². The normalized spacial score (nSPS) is 16.8. The van der Waals surface area contributed by atoms with Crippen LogP contribution in [0.2, 0.25) is 5.02 Å². The highest BCUT2D eigenvalue weighted by molar-refractivity contribution is 6.33. The molecule has 0 bridgehead atoms. The van der Waals surface area contributed by atoms with Crippen molar-refractivity contribution in [1.29, 1.82) is 0 Å². The number of halogens is 1. The van der Waals surface area contributed by atoms with Gasteiger partial charge in [-0.15, -0.1) is 0 Å². The number of furan rings is 1. The number of hydrogen-bond acceptors (Lipinski definition) is 4. The number of aliphatic hydroxyl groups excluding tert-OH is 1. The summed E-state index contributed by atoms with van der Waals surface area (Å²) < 4.78 is 5.55. The van der Waals surface area contributed by atoms with Crippen LogP contribution in [0.15, 0.2) is 28.7 Å². The number of aryl methyl sites for hydroxylation is 1. The first-order chi connectivity index (χ1) is 9.95. The summed E-state index contributed by atoms with van der Waals surface area (Å²) in [5.41, 5.74) is 1.87. The Morgan fingerprint density at radius 2 is 2.19 bits per heavy atom. The van der Waals surface area contributed by atoms with E-state index in [1.807, 2.05) is 31.0 Å². The molecule has 0 fully saturated rings. The van der Waals surface area contributed by atoms with Crippen molar-refractivity contribution in [3.8, 4) is 0 Å². The van der Waals surface area contributed by atoms with Crippen LogP contribution in [-0.2, 0) is 11.3 Å². The average molecular weight is 307 g/mol. The molecule has 0 radical (unpaired) electrons. The van der Waals surface area contributed by atoms with Gasteiger partial charge in [-0.1, -0.05) is 11.6 Å². The second kappa shape index (κ2) is 5.09. The molecule has 1 unspecified atom stereocenters. The zero-order valence-corrected chi connectivity index (χ0v) is 12.4. The predicted octanol–water partition coefficient (Wildman–Crippen LogP) is 2.86. The average Bonchev–Trinajstić information content (AvgIpc) is 2.95. The molecule has 1 aromatic carbocycles. The minimum Gasteiger partial charge on any atom is -0.464 e. The van der Waals surface area contributed by atoms with E-state index in [1.54, 1.807) is 12.1 Å². The third kappa shape index (κ3) is 2.50. The number of nitrogens with one attached hydrogen (secondary N) is 1. The lowest BCUT2D eigenvalue weighted by Gasteiger charge is -2.20. The summed E-state index contributed by atoms with van der Waals surface area (Å²) in [7, 11) is 1.89. The summed E-state index contributed by atoms with van der Waals surface area (Å²) in [6, 6.07) is 7.21. The van der Waals surface area contributed by atoms with Crippen LogP contribution in [0.3, 0.4) is 0 Å². The van der Waals surface area contributed by atoms with E-state index in [0.717, 1.165) is 17.2 Å². The summed E-state index contributed by atoms with van der Waals surface area (Å²) in [5, 5.41) is 12.9. The zero-order valence-electron chi connectivity index (χ0n) is 11.7. The van der Waals surface area contributed by atoms with Crippen molar-refractivity contribution in [3.05, 3.63) is 46.4 Å². The van der Waals surface area contributed by atoms with Gasteiger partial charge in [-0.3, -0.25) is 4.79 Å². The van der Waals surface area contributed by atoms with Crippen LogP contribution in [0.5, 0.6) is 0 Å². The van der Waals surface area contributed by atoms with Crippen LogP contribution in [0.25, 0.3) is 0 Å². The molecule has 110 valence electrons. The van der Waals surface area contributed by atoms with Crippen LogP contribution in [-0.4, -0.2) is 18.1 Å². The predicted molar refractivity (Wildman–Crippen MR) is 80.6 cm³/mol. The lowest BCUT2D eigenvalue weighted by molar-refractivity contribution is -0.123. The van der Waals surface area contributed by atoms with Gasteiger partial charge in [0, 0.05) is 18.3 Å². The van der Waals surface area contributed by atoms with Gasteiger partial charge in [0.15, 0.2) is 6.10 Å². The monoisotopic (exact) mass is 306 g/mol. The van der Waals surface area contributed by atoms with E-state index in [2.05, 4.69) is 5.32 Å². The summed E-state index contributed by atoms with van der Waals surface area (Å²) in [6.07, 6.45) is -1.15. The van der Waals surface area contributed by atoms with E-state index in [-0.39, 0.29) is 0 Å². The van der Waals surface area contributed by atoms with Gasteiger partial charge in [-0.05, 0) is 31.2 Å². The third-order valence-corrected chi connectivity index (χ3v) is 3.82. The summed E-state index contributed by atoms with van der Waals surface area (Å²) >= 11 is 6.26. The van der Waals surface area contributed by atoms with Crippen molar-refractivity contribution < 1.29 is 14.3 Å². The van der Waals surface area contributed by atoms with Gasteiger partial charge in [0.05, 0.1) is 17.3 Å². The molecular weight excluding hydrogens is 292 g/mol. The number of rotatable bonds is 3. The third-order valence-electron chi connectivity index (χ3n) is 3.52. The topological polar surface area (TPSA) is 65.7 Å². The first kappa shape index (κ1) is 14.0. The van der Waals surface area contributed by atoms with Gasteiger partial charge in [0.1, 0.15) is 11.5 Å². The van der Waals surface area contributed by atoms with Gasteiger partial charge in [0.2, 0.25) is 0 Å². The SMILES string of the molecule is Cc1ccc(CN(C)c2cc3c(cc2Cl)C(O)C(=O)N3)o1. The lowest BCUT2D eigenvalue weighted by Crippen LogP contribution is -2.16. The van der Waals surface area contributed by atoms with E-state index in [1.165, 1.54) is 0 Å². The first-order valence-electron chi connectivity index (χ1n) is 6.54. The highest BCUT2D eigenvalue weighted by Crippen LogP contribution is 2.38.